The summed E-state index contributed by atoms with van der Waals surface area (Å²) >= 11 is 0. The summed E-state index contributed by atoms with van der Waals surface area (Å²) in [6, 6.07) is 28.7. The first-order valence-electron chi connectivity index (χ1n) is 10.3. The van der Waals surface area contributed by atoms with Crippen molar-refractivity contribution in [3.8, 4) is 0 Å². The molecule has 2 unspecified atom stereocenters. The molecule has 0 aromatic heterocycles. The third-order valence-electron chi connectivity index (χ3n) is 5.15. The summed E-state index contributed by atoms with van der Waals surface area (Å²) in [5.41, 5.74) is 6.87. The van der Waals surface area contributed by atoms with Gasteiger partial charge in [-0.3, -0.25) is 10.3 Å². The number of hydroxylamine groups is 1. The summed E-state index contributed by atoms with van der Waals surface area (Å²) < 4.78 is 28.7. The van der Waals surface area contributed by atoms with Gasteiger partial charge < -0.3 is 0 Å². The van der Waals surface area contributed by atoms with Crippen molar-refractivity contribution in [2.45, 2.75) is 30.7 Å². The Morgan fingerprint density at radius 1 is 0.806 bits per heavy atom. The molecule has 4 rings (SSSR count). The van der Waals surface area contributed by atoms with Gasteiger partial charge in [0.1, 0.15) is 6.10 Å². The van der Waals surface area contributed by atoms with Crippen LogP contribution in [0.15, 0.2) is 103 Å². The smallest absolute Gasteiger partial charge is 0.216 e. The maximum Gasteiger partial charge on any atom is 0.216 e. The van der Waals surface area contributed by atoms with E-state index in [0.29, 0.717) is 12.8 Å². The lowest BCUT2D eigenvalue weighted by molar-refractivity contribution is 0.0248. The van der Waals surface area contributed by atoms with Gasteiger partial charge in [-0.15, -0.1) is 0 Å². The van der Waals surface area contributed by atoms with Crippen LogP contribution in [-0.2, 0) is 33.5 Å². The average molecular weight is 435 g/mol. The van der Waals surface area contributed by atoms with Gasteiger partial charge in [-0.1, -0.05) is 91.0 Å². The van der Waals surface area contributed by atoms with Crippen LogP contribution in [0.4, 0.5) is 0 Å². The van der Waals surface area contributed by atoms with Gasteiger partial charge in [0.05, 0.1) is 11.8 Å². The van der Waals surface area contributed by atoms with E-state index in [9.17, 15) is 8.42 Å². The van der Waals surface area contributed by atoms with Gasteiger partial charge in [-0.2, -0.15) is 0 Å². The van der Waals surface area contributed by atoms with Crippen LogP contribution in [-0.4, -0.2) is 20.6 Å². The summed E-state index contributed by atoms with van der Waals surface area (Å²) in [6.45, 7) is 0. The van der Waals surface area contributed by atoms with Gasteiger partial charge in [0.25, 0.3) is 0 Å². The summed E-state index contributed by atoms with van der Waals surface area (Å²) in [5.74, 6) is -0.0696. The maximum absolute atomic E-state index is 12.9. The largest absolute Gasteiger partial charge is 0.270 e. The fourth-order valence-corrected chi connectivity index (χ4v) is 5.07. The van der Waals surface area contributed by atoms with Crippen LogP contribution in [0, 0.1) is 0 Å². The van der Waals surface area contributed by atoms with Crippen LogP contribution in [0.1, 0.15) is 16.7 Å². The molecule has 6 heteroatoms. The second kappa shape index (κ2) is 9.92. The minimum Gasteiger partial charge on any atom is -0.270 e. The van der Waals surface area contributed by atoms with Gasteiger partial charge >= 0.3 is 0 Å². The molecule has 31 heavy (non-hydrogen) atoms. The third-order valence-corrected chi connectivity index (χ3v) is 6.53. The molecule has 5 nitrogen and oxygen atoms in total. The summed E-state index contributed by atoms with van der Waals surface area (Å²) in [5, 5.41) is 0. The predicted octanol–water partition coefficient (Wildman–Crippen LogP) is 3.75. The first-order chi connectivity index (χ1) is 15.1. The molecule has 0 bridgehead atoms. The fraction of sp³-hybridized carbons (Fsp3) is 0.200. The first-order valence-corrected chi connectivity index (χ1v) is 12.0. The lowest BCUT2D eigenvalue weighted by atomic mass is 10.0. The summed E-state index contributed by atoms with van der Waals surface area (Å²) in [7, 11) is -3.55. The monoisotopic (exact) mass is 434 g/mol. The highest BCUT2D eigenvalue weighted by Gasteiger charge is 2.30. The van der Waals surface area contributed by atoms with E-state index in [2.05, 4.69) is 22.3 Å². The Morgan fingerprint density at radius 2 is 1.35 bits per heavy atom. The molecule has 2 atom stereocenters. The van der Waals surface area contributed by atoms with E-state index in [4.69, 9.17) is 4.84 Å². The highest BCUT2D eigenvalue weighted by molar-refractivity contribution is 7.88. The van der Waals surface area contributed by atoms with Crippen molar-refractivity contribution in [2.75, 3.05) is 0 Å². The lowest BCUT2D eigenvalue weighted by Gasteiger charge is -2.23. The standard InChI is InChI=1S/C25H26N2O3S/c28-31(29,19-22-14-8-3-9-15-22)27-24(17-21-12-6-2-7-13-21)25-18-23(26-30-25)16-20-10-4-1-5-11-20/h1-15,18,24-27H,16-17,19H2. The molecule has 3 aromatic carbocycles. The lowest BCUT2D eigenvalue weighted by Crippen LogP contribution is -2.45. The van der Waals surface area contributed by atoms with Gasteiger partial charge in [-0.25, -0.2) is 13.1 Å². The molecular formula is C25H26N2O3S. The molecule has 1 aliphatic heterocycles. The summed E-state index contributed by atoms with van der Waals surface area (Å²) in [4.78, 5) is 5.80. The van der Waals surface area contributed by atoms with Crippen molar-refractivity contribution in [2.24, 2.45) is 0 Å². The Balaban J connectivity index is 1.51. The van der Waals surface area contributed by atoms with E-state index < -0.39 is 22.2 Å². The number of rotatable bonds is 9. The molecule has 0 amide bonds. The van der Waals surface area contributed by atoms with E-state index in [1.165, 1.54) is 0 Å². The van der Waals surface area contributed by atoms with E-state index in [0.717, 1.165) is 22.4 Å². The minimum absolute atomic E-state index is 0.0696. The van der Waals surface area contributed by atoms with E-state index in [1.807, 2.05) is 84.9 Å². The van der Waals surface area contributed by atoms with Crippen molar-refractivity contribution in [1.29, 1.82) is 0 Å². The normalized spacial score (nSPS) is 17.0. The number of hydrogen-bond acceptors (Lipinski definition) is 4. The highest BCUT2D eigenvalue weighted by atomic mass is 32.2. The van der Waals surface area contributed by atoms with Crippen molar-refractivity contribution >= 4 is 10.0 Å². The number of sulfonamides is 1. The zero-order chi connectivity index (χ0) is 21.5. The van der Waals surface area contributed by atoms with E-state index >= 15 is 0 Å². The van der Waals surface area contributed by atoms with Crippen molar-refractivity contribution in [3.63, 3.8) is 0 Å². The summed E-state index contributed by atoms with van der Waals surface area (Å²) in [6.07, 6.45) is 2.79. The van der Waals surface area contributed by atoms with Crippen LogP contribution < -0.4 is 10.2 Å². The van der Waals surface area contributed by atoms with E-state index in [1.54, 1.807) is 0 Å². The Bertz CT molecular complexity index is 1100. The Morgan fingerprint density at radius 3 is 1.97 bits per heavy atom. The molecule has 3 aromatic rings. The van der Waals surface area contributed by atoms with Crippen LogP contribution in [0.3, 0.4) is 0 Å². The van der Waals surface area contributed by atoms with Gasteiger partial charge in [0, 0.05) is 12.1 Å². The molecule has 0 fully saturated rings. The third kappa shape index (κ3) is 6.28. The second-order valence-electron chi connectivity index (χ2n) is 7.70. The van der Waals surface area contributed by atoms with Gasteiger partial charge in [-0.05, 0) is 29.2 Å². The van der Waals surface area contributed by atoms with Crippen LogP contribution in [0.2, 0.25) is 0 Å². The molecular weight excluding hydrogens is 408 g/mol. The zero-order valence-corrected chi connectivity index (χ0v) is 18.0. The van der Waals surface area contributed by atoms with E-state index in [-0.39, 0.29) is 5.75 Å². The molecule has 0 saturated carbocycles. The molecule has 1 aliphatic rings. The quantitative estimate of drug-likeness (QED) is 0.538. The second-order valence-corrected chi connectivity index (χ2v) is 9.45. The molecule has 1 heterocycles. The Hall–Kier alpha value is -2.93. The average Bonchev–Trinajstić information content (AvgIpc) is 3.23. The molecule has 2 N–H and O–H groups in total. The topological polar surface area (TPSA) is 67.4 Å². The first kappa shape index (κ1) is 21.3. The molecule has 0 saturated heterocycles. The number of benzene rings is 3. The van der Waals surface area contributed by atoms with Crippen molar-refractivity contribution in [3.05, 3.63) is 119 Å². The zero-order valence-electron chi connectivity index (χ0n) is 17.1. The number of nitrogens with one attached hydrogen (secondary N) is 2. The molecule has 0 aliphatic carbocycles. The fourth-order valence-electron chi connectivity index (χ4n) is 3.68. The van der Waals surface area contributed by atoms with Gasteiger partial charge in [0.2, 0.25) is 10.0 Å². The number of hydrogen-bond donors (Lipinski definition) is 2. The van der Waals surface area contributed by atoms with Crippen LogP contribution in [0.5, 0.6) is 0 Å². The Kier molecular flexibility index (Phi) is 6.82. The van der Waals surface area contributed by atoms with Crippen LogP contribution in [0.25, 0.3) is 0 Å². The maximum atomic E-state index is 12.9. The minimum atomic E-state index is -3.55. The van der Waals surface area contributed by atoms with Crippen molar-refractivity contribution < 1.29 is 13.3 Å². The van der Waals surface area contributed by atoms with Crippen LogP contribution >= 0.6 is 0 Å². The predicted molar refractivity (Wildman–Crippen MR) is 122 cm³/mol. The van der Waals surface area contributed by atoms with Crippen molar-refractivity contribution in [1.82, 2.24) is 10.2 Å². The SMILES string of the molecule is O=S(=O)(Cc1ccccc1)NC(Cc1ccccc1)C1C=C(Cc2ccccc2)NO1. The molecule has 0 radical (unpaired) electrons. The Labute approximate surface area is 183 Å². The number of allylic oxidation sites excluding steroid dienone is 1. The van der Waals surface area contributed by atoms with Gasteiger partial charge in [0.15, 0.2) is 0 Å². The molecule has 160 valence electrons. The molecule has 0 spiro atoms. The highest BCUT2D eigenvalue weighted by Crippen LogP contribution is 2.19.